The third-order valence-corrected chi connectivity index (χ3v) is 10.6. The molecule has 0 radical (unpaired) electrons. The summed E-state index contributed by atoms with van der Waals surface area (Å²) in [6.45, 7) is 6.27. The first-order valence-corrected chi connectivity index (χ1v) is 20.0. The molecule has 14 nitrogen and oxygen atoms in total. The van der Waals surface area contributed by atoms with Crippen LogP contribution in [0, 0.1) is 0 Å². The normalized spacial score (nSPS) is 14.9. The van der Waals surface area contributed by atoms with Gasteiger partial charge in [-0.1, -0.05) is 24.3 Å². The molecule has 0 atom stereocenters. The number of hydrogen-bond donors (Lipinski definition) is 4. The minimum absolute atomic E-state index is 0.164. The zero-order chi connectivity index (χ0) is 36.5. The Labute approximate surface area is 301 Å². The number of nitrogens with zero attached hydrogens (tertiary/aromatic N) is 4. The molecule has 2 aliphatic heterocycles. The van der Waals surface area contributed by atoms with Gasteiger partial charge in [0.15, 0.2) is 19.7 Å². The lowest BCUT2D eigenvalue weighted by atomic mass is 9.81. The molecule has 2 fully saturated rings. The van der Waals surface area contributed by atoms with E-state index in [1.165, 1.54) is 30.5 Å². The SMILES string of the molecule is CS(=O)(=O)c1ccc(-c2cnc(N3CCOCC3)cc2N)cc1.CS(=O)(=O)c1ccc(B(O)O)cc1.Nc1cc(N2CCOCC2)ncc1Br. The molecule has 18 heteroatoms. The van der Waals surface area contributed by atoms with Crippen molar-refractivity contribution >= 4 is 71.2 Å². The summed E-state index contributed by atoms with van der Waals surface area (Å²) in [4.78, 5) is 13.6. The molecule has 4 aromatic rings. The Bertz CT molecular complexity index is 1940. The summed E-state index contributed by atoms with van der Waals surface area (Å²) in [5, 5.41) is 17.4. The van der Waals surface area contributed by atoms with Crippen LogP contribution in [0.5, 0.6) is 0 Å². The van der Waals surface area contributed by atoms with Gasteiger partial charge in [-0.3, -0.25) is 0 Å². The molecule has 2 aromatic heterocycles. The summed E-state index contributed by atoms with van der Waals surface area (Å²) in [5.41, 5.74) is 15.2. The second-order valence-electron chi connectivity index (χ2n) is 11.4. The van der Waals surface area contributed by atoms with Crippen LogP contribution in [0.1, 0.15) is 0 Å². The van der Waals surface area contributed by atoms with E-state index < -0.39 is 26.8 Å². The van der Waals surface area contributed by atoms with Crippen LogP contribution in [0.15, 0.2) is 87.3 Å². The maximum absolute atomic E-state index is 11.5. The van der Waals surface area contributed by atoms with E-state index in [2.05, 4.69) is 35.7 Å². The van der Waals surface area contributed by atoms with Crippen molar-refractivity contribution in [3.05, 3.63) is 77.5 Å². The van der Waals surface area contributed by atoms with E-state index in [0.717, 1.165) is 78.6 Å². The number of halogens is 1. The molecule has 0 bridgehead atoms. The lowest BCUT2D eigenvalue weighted by Gasteiger charge is -2.28. The quantitative estimate of drug-likeness (QED) is 0.205. The zero-order valence-corrected chi connectivity index (χ0v) is 30.9. The Morgan fingerprint density at radius 1 is 0.700 bits per heavy atom. The summed E-state index contributed by atoms with van der Waals surface area (Å²) < 4.78 is 56.4. The average molecular weight is 792 g/mol. The monoisotopic (exact) mass is 790 g/mol. The summed E-state index contributed by atoms with van der Waals surface area (Å²) >= 11 is 3.32. The molecule has 0 amide bonds. The van der Waals surface area contributed by atoms with Crippen molar-refractivity contribution in [2.75, 3.05) is 86.4 Å². The number of nitrogens with two attached hydrogens (primary N) is 2. The van der Waals surface area contributed by atoms with Gasteiger partial charge < -0.3 is 40.8 Å². The third-order valence-electron chi connectivity index (χ3n) is 7.66. The fourth-order valence-electron chi connectivity index (χ4n) is 4.84. The average Bonchev–Trinajstić information content (AvgIpc) is 3.10. The van der Waals surface area contributed by atoms with Gasteiger partial charge in [0.25, 0.3) is 0 Å². The number of rotatable bonds is 6. The molecule has 0 spiro atoms. The third kappa shape index (κ3) is 11.1. The van der Waals surface area contributed by atoms with Crippen LogP contribution in [0.25, 0.3) is 11.1 Å². The minimum Gasteiger partial charge on any atom is -0.423 e. The second-order valence-corrected chi connectivity index (χ2v) is 16.3. The molecular weight excluding hydrogens is 751 g/mol. The van der Waals surface area contributed by atoms with Gasteiger partial charge in [0.05, 0.1) is 46.4 Å². The lowest BCUT2D eigenvalue weighted by molar-refractivity contribution is 0.122. The highest BCUT2D eigenvalue weighted by atomic mass is 79.9. The molecule has 268 valence electrons. The Morgan fingerprint density at radius 2 is 1.12 bits per heavy atom. The summed E-state index contributed by atoms with van der Waals surface area (Å²) in [6, 6.07) is 15.8. The predicted molar refractivity (Wildman–Crippen MR) is 199 cm³/mol. The van der Waals surface area contributed by atoms with Gasteiger partial charge in [-0.2, -0.15) is 0 Å². The van der Waals surface area contributed by atoms with Crippen LogP contribution >= 0.6 is 15.9 Å². The largest absolute Gasteiger partial charge is 0.488 e. The van der Waals surface area contributed by atoms with Crippen LogP contribution in [0.3, 0.4) is 0 Å². The molecule has 50 heavy (non-hydrogen) atoms. The van der Waals surface area contributed by atoms with Gasteiger partial charge in [-0.05, 0) is 51.2 Å². The number of morpholine rings is 2. The number of benzene rings is 2. The number of ether oxygens (including phenoxy) is 2. The summed E-state index contributed by atoms with van der Waals surface area (Å²) in [7, 11) is -7.97. The maximum Gasteiger partial charge on any atom is 0.488 e. The van der Waals surface area contributed by atoms with E-state index in [-0.39, 0.29) is 15.3 Å². The number of anilines is 4. The molecule has 2 aromatic carbocycles. The molecule has 0 aliphatic carbocycles. The van der Waals surface area contributed by atoms with Crippen LogP contribution in [0.2, 0.25) is 0 Å². The molecule has 4 heterocycles. The maximum atomic E-state index is 11.5. The first-order valence-electron chi connectivity index (χ1n) is 15.4. The standard InChI is InChI=1S/C16H19N3O3S.C9H12BrN3O.C7H9BO4S/c1-23(20,21)13-4-2-12(3-5-13)14-11-18-16(10-15(14)17)19-6-8-22-9-7-19;10-7-6-12-9(5-8(7)11)13-1-3-14-4-2-13;1-13(11,12)7-4-2-6(3-5-7)8(9)10/h2-5,10-11H,6-9H2,1H3,(H2,17,18);5-6H,1-4H2,(H2,11,12);2-5,9-10H,1H3. The fraction of sp³-hybridized carbons (Fsp3) is 0.312. The molecule has 2 aliphatic rings. The highest BCUT2D eigenvalue weighted by Gasteiger charge is 2.16. The molecule has 6 N–H and O–H groups in total. The Balaban J connectivity index is 0.000000180. The first kappa shape index (κ1) is 39.0. The molecule has 0 saturated carbocycles. The molecular formula is C32H40BBrN6O8S2. The second kappa shape index (κ2) is 17.4. The number of aromatic nitrogens is 2. The van der Waals surface area contributed by atoms with E-state index in [4.69, 9.17) is 31.0 Å². The number of hydrogen-bond acceptors (Lipinski definition) is 14. The van der Waals surface area contributed by atoms with Gasteiger partial charge in [-0.25, -0.2) is 26.8 Å². The minimum atomic E-state index is -3.21. The van der Waals surface area contributed by atoms with Crippen molar-refractivity contribution in [2.24, 2.45) is 0 Å². The lowest BCUT2D eigenvalue weighted by Crippen LogP contribution is -2.36. The van der Waals surface area contributed by atoms with E-state index in [1.54, 1.807) is 36.7 Å². The van der Waals surface area contributed by atoms with Gasteiger partial charge in [0, 0.05) is 74.5 Å². The van der Waals surface area contributed by atoms with E-state index in [9.17, 15) is 16.8 Å². The van der Waals surface area contributed by atoms with Crippen molar-refractivity contribution in [1.29, 1.82) is 0 Å². The van der Waals surface area contributed by atoms with Gasteiger partial charge in [-0.15, -0.1) is 0 Å². The van der Waals surface area contributed by atoms with Crippen molar-refractivity contribution in [3.63, 3.8) is 0 Å². The number of sulfone groups is 2. The highest BCUT2D eigenvalue weighted by molar-refractivity contribution is 9.10. The van der Waals surface area contributed by atoms with Crippen molar-refractivity contribution in [2.45, 2.75) is 9.79 Å². The Kier molecular flexibility index (Phi) is 13.6. The highest BCUT2D eigenvalue weighted by Crippen LogP contribution is 2.29. The molecule has 2 saturated heterocycles. The fourth-order valence-corrected chi connectivity index (χ4v) is 6.32. The smallest absolute Gasteiger partial charge is 0.423 e. The van der Waals surface area contributed by atoms with Crippen molar-refractivity contribution in [1.82, 2.24) is 9.97 Å². The topological polar surface area (TPSA) is 212 Å². The summed E-state index contributed by atoms with van der Waals surface area (Å²) in [5.74, 6) is 1.76. The molecule has 6 rings (SSSR count). The molecule has 0 unspecified atom stereocenters. The van der Waals surface area contributed by atoms with Gasteiger partial charge in [0.1, 0.15) is 11.6 Å². The van der Waals surface area contributed by atoms with E-state index in [0.29, 0.717) is 18.9 Å². The predicted octanol–water partition coefficient (Wildman–Crippen LogP) is 1.60. The van der Waals surface area contributed by atoms with Crippen LogP contribution in [-0.4, -0.2) is 109 Å². The summed E-state index contributed by atoms with van der Waals surface area (Å²) in [6.07, 6.45) is 5.75. The number of pyridine rings is 2. The zero-order valence-electron chi connectivity index (χ0n) is 27.6. The van der Waals surface area contributed by atoms with E-state index >= 15 is 0 Å². The van der Waals surface area contributed by atoms with Crippen molar-refractivity contribution < 1.29 is 36.4 Å². The van der Waals surface area contributed by atoms with Crippen LogP contribution in [0.4, 0.5) is 23.0 Å². The van der Waals surface area contributed by atoms with Crippen LogP contribution in [-0.2, 0) is 29.1 Å². The van der Waals surface area contributed by atoms with Crippen molar-refractivity contribution in [3.8, 4) is 11.1 Å². The Morgan fingerprint density at radius 3 is 1.52 bits per heavy atom. The first-order chi connectivity index (χ1) is 23.6. The van der Waals surface area contributed by atoms with E-state index in [1.807, 2.05) is 12.1 Å². The van der Waals surface area contributed by atoms with Gasteiger partial charge >= 0.3 is 7.12 Å². The number of nitrogen functional groups attached to an aromatic ring is 2. The van der Waals surface area contributed by atoms with Gasteiger partial charge in [0.2, 0.25) is 0 Å². The Hall–Kier alpha value is -3.78. The van der Waals surface area contributed by atoms with Crippen LogP contribution < -0.4 is 26.7 Å².